The summed E-state index contributed by atoms with van der Waals surface area (Å²) in [7, 11) is 2.18. The summed E-state index contributed by atoms with van der Waals surface area (Å²) < 4.78 is 0. The molecule has 4 heteroatoms. The topological polar surface area (TPSA) is 19.4 Å². The second-order valence-electron chi connectivity index (χ2n) is 4.52. The zero-order chi connectivity index (χ0) is 11.5. The van der Waals surface area contributed by atoms with Gasteiger partial charge >= 0.3 is 0 Å². The third kappa shape index (κ3) is 2.73. The summed E-state index contributed by atoms with van der Waals surface area (Å²) in [5, 5.41) is 0.633. The van der Waals surface area contributed by atoms with Gasteiger partial charge in [-0.15, -0.1) is 0 Å². The molecule has 16 heavy (non-hydrogen) atoms. The molecule has 2 heterocycles. The van der Waals surface area contributed by atoms with Gasteiger partial charge in [-0.3, -0.25) is 4.90 Å². The Balaban J connectivity index is 1.98. The largest absolute Gasteiger partial charge is 0.301 e. The average molecular weight is 240 g/mol. The molecule has 1 aliphatic rings. The molecule has 2 rings (SSSR count). The van der Waals surface area contributed by atoms with E-state index in [1.54, 1.807) is 6.20 Å². The van der Waals surface area contributed by atoms with Crippen molar-refractivity contribution in [1.29, 1.82) is 0 Å². The molecule has 3 nitrogen and oxygen atoms in total. The molecule has 1 aromatic rings. The summed E-state index contributed by atoms with van der Waals surface area (Å²) in [5.41, 5.74) is 1.13. The molecule has 1 atom stereocenters. The molecule has 1 fully saturated rings. The van der Waals surface area contributed by atoms with Crippen LogP contribution in [-0.4, -0.2) is 47.5 Å². The van der Waals surface area contributed by atoms with E-state index in [0.29, 0.717) is 11.2 Å². The Morgan fingerprint density at radius 1 is 1.50 bits per heavy atom. The van der Waals surface area contributed by atoms with Gasteiger partial charge in [0.1, 0.15) is 5.15 Å². The van der Waals surface area contributed by atoms with Gasteiger partial charge in [-0.2, -0.15) is 0 Å². The van der Waals surface area contributed by atoms with E-state index in [1.807, 2.05) is 6.07 Å². The molecular formula is C12H18ClN3. The fourth-order valence-electron chi connectivity index (χ4n) is 2.05. The van der Waals surface area contributed by atoms with Crippen molar-refractivity contribution >= 4 is 11.6 Å². The van der Waals surface area contributed by atoms with Gasteiger partial charge in [-0.05, 0) is 20.0 Å². The van der Waals surface area contributed by atoms with Crippen molar-refractivity contribution in [3.05, 3.63) is 29.0 Å². The molecule has 1 saturated heterocycles. The van der Waals surface area contributed by atoms with Crippen LogP contribution in [0.5, 0.6) is 0 Å². The monoisotopic (exact) mass is 239 g/mol. The highest BCUT2D eigenvalue weighted by molar-refractivity contribution is 6.30. The van der Waals surface area contributed by atoms with E-state index in [0.717, 1.165) is 31.7 Å². The molecule has 1 aliphatic heterocycles. The second kappa shape index (κ2) is 5.13. The smallest absolute Gasteiger partial charge is 0.133 e. The number of likely N-dealkylation sites (N-methyl/N-ethyl adjacent to an activating group) is 1. The lowest BCUT2D eigenvalue weighted by molar-refractivity contribution is 0.0999. The van der Waals surface area contributed by atoms with Crippen molar-refractivity contribution < 1.29 is 0 Å². The molecular weight excluding hydrogens is 222 g/mol. The number of hydrogen-bond acceptors (Lipinski definition) is 3. The minimum atomic E-state index is 0.615. The number of nitrogens with zero attached hydrogens (tertiary/aromatic N) is 3. The van der Waals surface area contributed by atoms with E-state index in [-0.39, 0.29) is 0 Å². The number of hydrogen-bond donors (Lipinski definition) is 0. The van der Waals surface area contributed by atoms with Crippen LogP contribution in [0.3, 0.4) is 0 Å². The summed E-state index contributed by atoms with van der Waals surface area (Å²) in [6, 6.07) is 4.61. The Labute approximate surface area is 102 Å². The second-order valence-corrected chi connectivity index (χ2v) is 4.88. The van der Waals surface area contributed by atoms with Crippen LogP contribution in [0.4, 0.5) is 0 Å². The molecule has 0 saturated carbocycles. The van der Waals surface area contributed by atoms with Crippen molar-refractivity contribution in [2.45, 2.75) is 19.5 Å². The van der Waals surface area contributed by atoms with E-state index >= 15 is 0 Å². The highest BCUT2D eigenvalue weighted by atomic mass is 35.5. The number of pyridine rings is 1. The molecule has 0 aromatic carbocycles. The van der Waals surface area contributed by atoms with E-state index in [4.69, 9.17) is 11.6 Å². The Morgan fingerprint density at radius 3 is 3.00 bits per heavy atom. The van der Waals surface area contributed by atoms with Crippen LogP contribution in [0.2, 0.25) is 5.15 Å². The third-order valence-electron chi connectivity index (χ3n) is 3.27. The summed E-state index contributed by atoms with van der Waals surface area (Å²) in [5.74, 6) is 0. The SMILES string of the molecule is CC1CN(Cc2cccnc2Cl)CCN1C. The summed E-state index contributed by atoms with van der Waals surface area (Å²) in [6.45, 7) is 6.49. The van der Waals surface area contributed by atoms with Crippen LogP contribution in [0.15, 0.2) is 18.3 Å². The first kappa shape index (κ1) is 11.8. The van der Waals surface area contributed by atoms with Crippen molar-refractivity contribution in [3.63, 3.8) is 0 Å². The summed E-state index contributed by atoms with van der Waals surface area (Å²) in [4.78, 5) is 8.94. The van der Waals surface area contributed by atoms with E-state index in [9.17, 15) is 0 Å². The van der Waals surface area contributed by atoms with Gasteiger partial charge in [0.05, 0.1) is 0 Å². The summed E-state index contributed by atoms with van der Waals surface area (Å²) >= 11 is 6.06. The standard InChI is InChI=1S/C12H18ClN3/c1-10-8-16(7-6-15(10)2)9-11-4-3-5-14-12(11)13/h3-5,10H,6-9H2,1-2H3. The van der Waals surface area contributed by atoms with Crippen LogP contribution < -0.4 is 0 Å². The zero-order valence-electron chi connectivity index (χ0n) is 9.86. The maximum absolute atomic E-state index is 6.06. The van der Waals surface area contributed by atoms with Gasteiger partial charge in [-0.25, -0.2) is 4.98 Å². The minimum Gasteiger partial charge on any atom is -0.301 e. The van der Waals surface area contributed by atoms with Gasteiger partial charge in [-0.1, -0.05) is 17.7 Å². The zero-order valence-corrected chi connectivity index (χ0v) is 10.6. The van der Waals surface area contributed by atoms with Gasteiger partial charge < -0.3 is 4.90 Å². The molecule has 0 aliphatic carbocycles. The third-order valence-corrected chi connectivity index (χ3v) is 3.61. The van der Waals surface area contributed by atoms with Crippen molar-refractivity contribution in [3.8, 4) is 0 Å². The lowest BCUT2D eigenvalue weighted by Gasteiger charge is -2.37. The lowest BCUT2D eigenvalue weighted by atomic mass is 10.2. The number of aromatic nitrogens is 1. The van der Waals surface area contributed by atoms with Crippen LogP contribution in [0.25, 0.3) is 0 Å². The first-order valence-electron chi connectivity index (χ1n) is 5.69. The van der Waals surface area contributed by atoms with Gasteiger partial charge in [0.25, 0.3) is 0 Å². The minimum absolute atomic E-state index is 0.615. The Kier molecular flexibility index (Phi) is 3.79. The first-order chi connectivity index (χ1) is 7.66. The quantitative estimate of drug-likeness (QED) is 0.735. The van der Waals surface area contributed by atoms with Crippen LogP contribution >= 0.6 is 11.6 Å². The lowest BCUT2D eigenvalue weighted by Crippen LogP contribution is -2.49. The van der Waals surface area contributed by atoms with Crippen molar-refractivity contribution in [2.75, 3.05) is 26.7 Å². The summed E-state index contributed by atoms with van der Waals surface area (Å²) in [6.07, 6.45) is 1.73. The first-order valence-corrected chi connectivity index (χ1v) is 6.06. The number of halogens is 1. The molecule has 0 radical (unpaired) electrons. The molecule has 0 spiro atoms. The maximum Gasteiger partial charge on any atom is 0.133 e. The van der Waals surface area contributed by atoms with Crippen molar-refractivity contribution in [1.82, 2.24) is 14.8 Å². The molecule has 0 N–H and O–H groups in total. The highest BCUT2D eigenvalue weighted by Gasteiger charge is 2.20. The van der Waals surface area contributed by atoms with Crippen molar-refractivity contribution in [2.24, 2.45) is 0 Å². The molecule has 88 valence electrons. The van der Waals surface area contributed by atoms with Crippen LogP contribution in [0.1, 0.15) is 12.5 Å². The van der Waals surface area contributed by atoms with Gasteiger partial charge in [0.15, 0.2) is 0 Å². The Hall–Kier alpha value is -0.640. The van der Waals surface area contributed by atoms with E-state index in [1.165, 1.54) is 0 Å². The number of piperazine rings is 1. The fraction of sp³-hybridized carbons (Fsp3) is 0.583. The Bertz CT molecular complexity index is 356. The molecule has 1 aromatic heterocycles. The predicted molar refractivity (Wildman–Crippen MR) is 66.6 cm³/mol. The Morgan fingerprint density at radius 2 is 2.31 bits per heavy atom. The normalized spacial score (nSPS) is 23.6. The molecule has 0 bridgehead atoms. The fourth-order valence-corrected chi connectivity index (χ4v) is 2.22. The van der Waals surface area contributed by atoms with Gasteiger partial charge in [0, 0.05) is 44.0 Å². The number of rotatable bonds is 2. The molecule has 1 unspecified atom stereocenters. The van der Waals surface area contributed by atoms with Crippen LogP contribution in [0, 0.1) is 0 Å². The molecule has 0 amide bonds. The predicted octanol–water partition coefficient (Wildman–Crippen LogP) is 1.87. The van der Waals surface area contributed by atoms with Gasteiger partial charge in [0.2, 0.25) is 0 Å². The van der Waals surface area contributed by atoms with Crippen LogP contribution in [-0.2, 0) is 6.54 Å². The highest BCUT2D eigenvalue weighted by Crippen LogP contribution is 2.16. The maximum atomic E-state index is 6.06. The van der Waals surface area contributed by atoms with E-state index in [2.05, 4.69) is 34.8 Å². The van der Waals surface area contributed by atoms with E-state index < -0.39 is 0 Å². The average Bonchev–Trinajstić information content (AvgIpc) is 2.27.